The van der Waals surface area contributed by atoms with Crippen LogP contribution in [0.4, 0.5) is 0 Å². The number of aryl methyl sites for hydroxylation is 2. The van der Waals surface area contributed by atoms with Crippen molar-refractivity contribution in [3.63, 3.8) is 0 Å². The first-order chi connectivity index (χ1) is 10.9. The van der Waals surface area contributed by atoms with Gasteiger partial charge in [0.15, 0.2) is 9.84 Å². The zero-order valence-electron chi connectivity index (χ0n) is 13.2. The third-order valence-corrected chi connectivity index (χ3v) is 6.75. The van der Waals surface area contributed by atoms with E-state index in [1.165, 1.54) is 11.3 Å². The van der Waals surface area contributed by atoms with E-state index in [-0.39, 0.29) is 22.4 Å². The lowest BCUT2D eigenvalue weighted by Crippen LogP contribution is -2.44. The summed E-state index contributed by atoms with van der Waals surface area (Å²) >= 11 is 1.20. The molecule has 0 amide bonds. The van der Waals surface area contributed by atoms with Gasteiger partial charge in [-0.25, -0.2) is 8.42 Å². The maximum Gasteiger partial charge on any atom is 0.307 e. The van der Waals surface area contributed by atoms with Crippen molar-refractivity contribution in [2.45, 2.75) is 19.5 Å². The largest absolute Gasteiger partial charge is 0.307 e. The normalized spacial score (nSPS) is 21.6. The minimum Gasteiger partial charge on any atom is -0.302 e. The highest BCUT2D eigenvalue weighted by atomic mass is 32.2. The lowest BCUT2D eigenvalue weighted by molar-refractivity contribution is 0.206. The molecule has 126 valence electrons. The Labute approximate surface area is 139 Å². The second-order valence-corrected chi connectivity index (χ2v) is 8.96. The van der Waals surface area contributed by atoms with Gasteiger partial charge in [-0.15, -0.1) is 0 Å². The first-order valence-electron chi connectivity index (χ1n) is 7.44. The average Bonchev–Trinajstić information content (AvgIpc) is 3.04. The molecule has 3 rings (SSSR count). The molecule has 9 heteroatoms. The van der Waals surface area contributed by atoms with Crippen molar-refractivity contribution in [1.82, 2.24) is 19.2 Å². The van der Waals surface area contributed by atoms with E-state index < -0.39 is 9.84 Å². The fraction of sp³-hybridized carbons (Fsp3) is 0.571. The molecule has 1 aliphatic rings. The summed E-state index contributed by atoms with van der Waals surface area (Å²) < 4.78 is 27.5. The van der Waals surface area contributed by atoms with E-state index in [0.29, 0.717) is 19.6 Å². The van der Waals surface area contributed by atoms with Gasteiger partial charge in [0.2, 0.25) is 0 Å². The summed E-state index contributed by atoms with van der Waals surface area (Å²) in [6.45, 7) is 3.62. The Hall–Kier alpha value is -1.45. The van der Waals surface area contributed by atoms with Gasteiger partial charge in [0.05, 0.1) is 23.7 Å². The van der Waals surface area contributed by atoms with Crippen LogP contribution in [0.1, 0.15) is 17.3 Å². The second kappa shape index (κ2) is 6.21. The van der Waals surface area contributed by atoms with E-state index in [1.807, 2.05) is 25.5 Å². The molecule has 1 unspecified atom stereocenters. The topological polar surface area (TPSA) is 77.2 Å². The van der Waals surface area contributed by atoms with Crippen LogP contribution in [0.2, 0.25) is 0 Å². The first-order valence-corrected chi connectivity index (χ1v) is 10.1. The lowest BCUT2D eigenvalue weighted by atomic mass is 10.1. The molecule has 1 saturated heterocycles. The van der Waals surface area contributed by atoms with E-state index in [4.69, 9.17) is 0 Å². The standard InChI is InChI=1S/C14H20N4O3S2/c1-11-9-22-14(19)18(11)4-3-17-5-6-23(20,21)10-13(17)12-7-15-16(2)8-12/h7-9,13H,3-6,10H2,1-2H3. The van der Waals surface area contributed by atoms with E-state index in [0.717, 1.165) is 11.3 Å². The molecule has 0 N–H and O–H groups in total. The monoisotopic (exact) mass is 356 g/mol. The molecule has 0 bridgehead atoms. The maximum absolute atomic E-state index is 12.0. The van der Waals surface area contributed by atoms with Gasteiger partial charge in [-0.1, -0.05) is 11.3 Å². The van der Waals surface area contributed by atoms with E-state index in [2.05, 4.69) is 10.00 Å². The lowest BCUT2D eigenvalue weighted by Gasteiger charge is -2.35. The van der Waals surface area contributed by atoms with Crippen molar-refractivity contribution < 1.29 is 8.42 Å². The second-order valence-electron chi connectivity index (χ2n) is 5.91. The average molecular weight is 356 g/mol. The summed E-state index contributed by atoms with van der Waals surface area (Å²) in [7, 11) is -1.22. The third-order valence-electron chi connectivity index (χ3n) is 4.24. The zero-order chi connectivity index (χ0) is 16.6. The van der Waals surface area contributed by atoms with Gasteiger partial charge in [-0.2, -0.15) is 5.10 Å². The van der Waals surface area contributed by atoms with Gasteiger partial charge in [0.1, 0.15) is 0 Å². The minimum atomic E-state index is -3.04. The van der Waals surface area contributed by atoms with Crippen molar-refractivity contribution >= 4 is 21.2 Å². The van der Waals surface area contributed by atoms with Crippen LogP contribution in [0.3, 0.4) is 0 Å². The predicted molar refractivity (Wildman–Crippen MR) is 89.5 cm³/mol. The zero-order valence-corrected chi connectivity index (χ0v) is 14.8. The summed E-state index contributed by atoms with van der Waals surface area (Å²) in [6.07, 6.45) is 3.58. The van der Waals surface area contributed by atoms with E-state index >= 15 is 0 Å². The van der Waals surface area contributed by atoms with Crippen LogP contribution in [-0.4, -0.2) is 52.3 Å². The molecule has 0 aliphatic carbocycles. The van der Waals surface area contributed by atoms with Crippen LogP contribution >= 0.6 is 11.3 Å². The van der Waals surface area contributed by atoms with Gasteiger partial charge >= 0.3 is 4.87 Å². The smallest absolute Gasteiger partial charge is 0.302 e. The van der Waals surface area contributed by atoms with Crippen LogP contribution in [0.5, 0.6) is 0 Å². The van der Waals surface area contributed by atoms with Gasteiger partial charge in [-0.05, 0) is 6.92 Å². The molecule has 2 aromatic heterocycles. The Bertz CT molecular complexity index is 849. The Kier molecular flexibility index (Phi) is 4.43. The summed E-state index contributed by atoms with van der Waals surface area (Å²) in [5.41, 5.74) is 1.85. The Morgan fingerprint density at radius 1 is 1.39 bits per heavy atom. The molecule has 0 saturated carbocycles. The summed E-state index contributed by atoms with van der Waals surface area (Å²) in [4.78, 5) is 14.0. The van der Waals surface area contributed by atoms with Crippen molar-refractivity contribution in [3.05, 3.63) is 38.7 Å². The predicted octanol–water partition coefficient (Wildman–Crippen LogP) is 0.423. The molecule has 3 heterocycles. The molecule has 7 nitrogen and oxygen atoms in total. The van der Waals surface area contributed by atoms with Crippen LogP contribution in [0.25, 0.3) is 0 Å². The Morgan fingerprint density at radius 2 is 2.17 bits per heavy atom. The summed E-state index contributed by atoms with van der Waals surface area (Å²) in [5.74, 6) is 0.275. The molecule has 0 spiro atoms. The van der Waals surface area contributed by atoms with Gasteiger partial charge < -0.3 is 4.57 Å². The molecule has 1 atom stereocenters. The molecule has 2 aromatic rings. The number of nitrogens with zero attached hydrogens (tertiary/aromatic N) is 4. The quantitative estimate of drug-likeness (QED) is 0.794. The van der Waals surface area contributed by atoms with Crippen molar-refractivity contribution in [2.24, 2.45) is 7.05 Å². The number of hydrogen-bond acceptors (Lipinski definition) is 6. The van der Waals surface area contributed by atoms with E-state index in [1.54, 1.807) is 15.4 Å². The van der Waals surface area contributed by atoms with Gasteiger partial charge in [0.25, 0.3) is 0 Å². The molecule has 23 heavy (non-hydrogen) atoms. The molecule has 1 fully saturated rings. The van der Waals surface area contributed by atoms with Crippen LogP contribution in [0.15, 0.2) is 22.6 Å². The highest BCUT2D eigenvalue weighted by Gasteiger charge is 2.32. The van der Waals surface area contributed by atoms with Crippen molar-refractivity contribution in [3.8, 4) is 0 Å². The number of hydrogen-bond donors (Lipinski definition) is 0. The number of sulfone groups is 1. The minimum absolute atomic E-state index is 0.0325. The molecular weight excluding hydrogens is 336 g/mol. The van der Waals surface area contributed by atoms with Crippen LogP contribution in [-0.2, 0) is 23.4 Å². The van der Waals surface area contributed by atoms with Crippen LogP contribution in [0, 0.1) is 6.92 Å². The molecule has 0 aromatic carbocycles. The van der Waals surface area contributed by atoms with E-state index in [9.17, 15) is 13.2 Å². The Balaban J connectivity index is 1.80. The van der Waals surface area contributed by atoms with Gasteiger partial charge in [-0.3, -0.25) is 14.4 Å². The number of thiazole rings is 1. The molecule has 1 aliphatic heterocycles. The summed E-state index contributed by atoms with van der Waals surface area (Å²) in [5, 5.41) is 6.00. The fourth-order valence-corrected chi connectivity index (χ4v) is 5.26. The molecular formula is C14H20N4O3S2. The number of rotatable bonds is 4. The van der Waals surface area contributed by atoms with Crippen molar-refractivity contribution in [2.75, 3.05) is 24.6 Å². The first kappa shape index (κ1) is 16.4. The molecule has 0 radical (unpaired) electrons. The highest BCUT2D eigenvalue weighted by Crippen LogP contribution is 2.26. The summed E-state index contributed by atoms with van der Waals surface area (Å²) in [6, 6.07) is -0.197. The maximum atomic E-state index is 12.0. The number of aromatic nitrogens is 3. The van der Waals surface area contributed by atoms with Crippen molar-refractivity contribution in [1.29, 1.82) is 0 Å². The Morgan fingerprint density at radius 3 is 2.78 bits per heavy atom. The highest BCUT2D eigenvalue weighted by molar-refractivity contribution is 7.91. The fourth-order valence-electron chi connectivity index (χ4n) is 2.93. The van der Waals surface area contributed by atoms with Gasteiger partial charge in [0, 0.05) is 49.5 Å². The third kappa shape index (κ3) is 3.56. The van der Waals surface area contributed by atoms with Crippen LogP contribution < -0.4 is 4.87 Å². The SMILES string of the molecule is Cc1csc(=O)n1CCN1CCS(=O)(=O)CC1c1cnn(C)c1.